The molecule has 19 heavy (non-hydrogen) atoms. The van der Waals surface area contributed by atoms with Crippen molar-refractivity contribution in [3.63, 3.8) is 0 Å². The van der Waals surface area contributed by atoms with Crippen molar-refractivity contribution in [2.75, 3.05) is 0 Å². The first-order valence-corrected chi connectivity index (χ1v) is 6.37. The predicted octanol–water partition coefficient (Wildman–Crippen LogP) is 2.95. The van der Waals surface area contributed by atoms with E-state index in [2.05, 4.69) is 20.9 Å². The van der Waals surface area contributed by atoms with Gasteiger partial charge in [-0.25, -0.2) is 13.6 Å². The van der Waals surface area contributed by atoms with Gasteiger partial charge >= 0.3 is 5.69 Å². The Morgan fingerprint density at radius 3 is 2.58 bits per heavy atom. The van der Waals surface area contributed by atoms with Gasteiger partial charge in [0.1, 0.15) is 0 Å². The molecule has 2 rings (SSSR count). The normalized spacial score (nSPS) is 10.8. The van der Waals surface area contributed by atoms with E-state index in [-0.39, 0.29) is 6.54 Å². The second-order valence-corrected chi connectivity index (χ2v) is 5.01. The van der Waals surface area contributed by atoms with Gasteiger partial charge in [-0.05, 0) is 47.5 Å². The largest absolute Gasteiger partial charge is 0.348 e. The summed E-state index contributed by atoms with van der Waals surface area (Å²) in [6, 6.07) is 3.56. The van der Waals surface area contributed by atoms with Crippen LogP contribution in [-0.4, -0.2) is 9.55 Å². The Morgan fingerprint density at radius 2 is 1.95 bits per heavy atom. The van der Waals surface area contributed by atoms with Gasteiger partial charge in [0.2, 0.25) is 0 Å². The standard InChI is InChI=1S/C13H11BrF2N2O/c1-7-12(14)8(2)18(13(19)17-7)6-9-3-4-10(15)11(16)5-9/h3-5H,6H2,1-2H3. The Bertz CT molecular complexity index is 698. The summed E-state index contributed by atoms with van der Waals surface area (Å²) in [7, 11) is 0. The Morgan fingerprint density at radius 1 is 1.26 bits per heavy atom. The van der Waals surface area contributed by atoms with Crippen molar-refractivity contribution in [1.82, 2.24) is 9.55 Å². The van der Waals surface area contributed by atoms with Crippen LogP contribution in [0.25, 0.3) is 0 Å². The SMILES string of the molecule is Cc1nc(=O)n(Cc2ccc(F)c(F)c2)c(C)c1Br. The fourth-order valence-corrected chi connectivity index (χ4v) is 2.09. The van der Waals surface area contributed by atoms with Gasteiger partial charge in [0.25, 0.3) is 0 Å². The average Bonchev–Trinajstić information content (AvgIpc) is 2.36. The first-order valence-electron chi connectivity index (χ1n) is 5.57. The van der Waals surface area contributed by atoms with E-state index in [1.54, 1.807) is 13.8 Å². The second-order valence-electron chi connectivity index (χ2n) is 4.21. The lowest BCUT2D eigenvalue weighted by atomic mass is 10.2. The van der Waals surface area contributed by atoms with Crippen molar-refractivity contribution >= 4 is 15.9 Å². The fourth-order valence-electron chi connectivity index (χ4n) is 1.78. The van der Waals surface area contributed by atoms with Crippen molar-refractivity contribution < 1.29 is 8.78 Å². The molecule has 0 spiro atoms. The van der Waals surface area contributed by atoms with E-state index in [9.17, 15) is 13.6 Å². The lowest BCUT2D eigenvalue weighted by Crippen LogP contribution is -2.27. The molecular formula is C13H11BrF2N2O. The second kappa shape index (κ2) is 5.21. The van der Waals surface area contributed by atoms with Crippen LogP contribution in [0.5, 0.6) is 0 Å². The van der Waals surface area contributed by atoms with Crippen LogP contribution in [-0.2, 0) is 6.54 Å². The molecule has 100 valence electrons. The molecule has 0 amide bonds. The van der Waals surface area contributed by atoms with Gasteiger partial charge in [0, 0.05) is 5.69 Å². The number of halogens is 3. The van der Waals surface area contributed by atoms with Gasteiger partial charge in [-0.3, -0.25) is 4.57 Å². The Kier molecular flexibility index (Phi) is 3.80. The van der Waals surface area contributed by atoms with Crippen LogP contribution >= 0.6 is 15.9 Å². The summed E-state index contributed by atoms with van der Waals surface area (Å²) in [5, 5.41) is 0. The van der Waals surface area contributed by atoms with Crippen LogP contribution in [0.2, 0.25) is 0 Å². The summed E-state index contributed by atoms with van der Waals surface area (Å²) >= 11 is 3.35. The minimum Gasteiger partial charge on any atom is -0.291 e. The first kappa shape index (κ1) is 13.9. The highest BCUT2D eigenvalue weighted by Gasteiger charge is 2.10. The molecule has 1 aromatic heterocycles. The summed E-state index contributed by atoms with van der Waals surface area (Å²) in [5.41, 5.74) is 1.39. The quantitative estimate of drug-likeness (QED) is 0.849. The van der Waals surface area contributed by atoms with Crippen LogP contribution in [0, 0.1) is 25.5 Å². The molecule has 0 fully saturated rings. The zero-order valence-corrected chi connectivity index (χ0v) is 12.0. The van der Waals surface area contributed by atoms with Gasteiger partial charge in [-0.2, -0.15) is 4.98 Å². The lowest BCUT2D eigenvalue weighted by molar-refractivity contribution is 0.506. The Hall–Kier alpha value is -1.56. The summed E-state index contributed by atoms with van der Waals surface area (Å²) in [6.07, 6.45) is 0. The van der Waals surface area contributed by atoms with E-state index in [0.29, 0.717) is 17.0 Å². The predicted molar refractivity (Wildman–Crippen MR) is 71.1 cm³/mol. The molecule has 0 radical (unpaired) electrons. The highest BCUT2D eigenvalue weighted by Crippen LogP contribution is 2.18. The molecule has 0 unspecified atom stereocenters. The number of hydrogen-bond acceptors (Lipinski definition) is 2. The molecule has 0 bridgehead atoms. The highest BCUT2D eigenvalue weighted by atomic mass is 79.9. The number of hydrogen-bond donors (Lipinski definition) is 0. The molecular weight excluding hydrogens is 318 g/mol. The third kappa shape index (κ3) is 2.73. The molecule has 0 aliphatic rings. The lowest BCUT2D eigenvalue weighted by Gasteiger charge is -2.12. The molecule has 0 aliphatic heterocycles. The third-order valence-electron chi connectivity index (χ3n) is 2.86. The fraction of sp³-hybridized carbons (Fsp3) is 0.231. The van der Waals surface area contributed by atoms with Gasteiger partial charge < -0.3 is 0 Å². The Balaban J connectivity index is 2.46. The summed E-state index contributed by atoms with van der Waals surface area (Å²) in [4.78, 5) is 15.7. The summed E-state index contributed by atoms with van der Waals surface area (Å²) < 4.78 is 28.1. The molecule has 0 saturated carbocycles. The van der Waals surface area contributed by atoms with Crippen molar-refractivity contribution in [1.29, 1.82) is 0 Å². The molecule has 1 heterocycles. The number of rotatable bonds is 2. The summed E-state index contributed by atoms with van der Waals surface area (Å²) in [6.45, 7) is 3.63. The van der Waals surface area contributed by atoms with Gasteiger partial charge in [0.15, 0.2) is 11.6 Å². The van der Waals surface area contributed by atoms with E-state index in [4.69, 9.17) is 0 Å². The molecule has 1 aromatic carbocycles. The maximum absolute atomic E-state index is 13.1. The number of aryl methyl sites for hydroxylation is 1. The minimum absolute atomic E-state index is 0.147. The van der Waals surface area contributed by atoms with Crippen molar-refractivity contribution in [3.8, 4) is 0 Å². The Labute approximate surface area is 117 Å². The first-order chi connectivity index (χ1) is 8.90. The molecule has 2 aromatic rings. The maximum Gasteiger partial charge on any atom is 0.348 e. The molecule has 0 N–H and O–H groups in total. The monoisotopic (exact) mass is 328 g/mol. The van der Waals surface area contributed by atoms with E-state index in [1.165, 1.54) is 10.6 Å². The van der Waals surface area contributed by atoms with E-state index in [1.807, 2.05) is 0 Å². The van der Waals surface area contributed by atoms with Crippen molar-refractivity contribution in [2.24, 2.45) is 0 Å². The smallest absolute Gasteiger partial charge is 0.291 e. The topological polar surface area (TPSA) is 34.9 Å². The van der Waals surface area contributed by atoms with Crippen LogP contribution in [0.3, 0.4) is 0 Å². The number of aromatic nitrogens is 2. The summed E-state index contributed by atoms with van der Waals surface area (Å²) in [5.74, 6) is -1.83. The van der Waals surface area contributed by atoms with Gasteiger partial charge in [0.05, 0.1) is 16.7 Å². The maximum atomic E-state index is 13.1. The molecule has 6 heteroatoms. The zero-order valence-electron chi connectivity index (χ0n) is 10.4. The highest BCUT2D eigenvalue weighted by molar-refractivity contribution is 9.10. The van der Waals surface area contributed by atoms with E-state index in [0.717, 1.165) is 16.6 Å². The number of nitrogens with zero attached hydrogens (tertiary/aromatic N) is 2. The minimum atomic E-state index is -0.928. The average molecular weight is 329 g/mol. The number of benzene rings is 1. The molecule has 0 aliphatic carbocycles. The molecule has 0 atom stereocenters. The third-order valence-corrected chi connectivity index (χ3v) is 4.01. The van der Waals surface area contributed by atoms with Crippen LogP contribution < -0.4 is 5.69 Å². The van der Waals surface area contributed by atoms with Crippen molar-refractivity contribution in [2.45, 2.75) is 20.4 Å². The van der Waals surface area contributed by atoms with E-state index >= 15 is 0 Å². The van der Waals surface area contributed by atoms with Crippen LogP contribution in [0.4, 0.5) is 8.78 Å². The van der Waals surface area contributed by atoms with Crippen molar-refractivity contribution in [3.05, 3.63) is 61.7 Å². The van der Waals surface area contributed by atoms with E-state index < -0.39 is 17.3 Å². The zero-order chi connectivity index (χ0) is 14.2. The van der Waals surface area contributed by atoms with Gasteiger partial charge in [-0.15, -0.1) is 0 Å². The van der Waals surface area contributed by atoms with Crippen LogP contribution in [0.15, 0.2) is 27.5 Å². The van der Waals surface area contributed by atoms with Gasteiger partial charge in [-0.1, -0.05) is 6.07 Å². The molecule has 0 saturated heterocycles. The van der Waals surface area contributed by atoms with Crippen LogP contribution in [0.1, 0.15) is 17.0 Å². The molecule has 3 nitrogen and oxygen atoms in total.